The predicted octanol–water partition coefficient (Wildman–Crippen LogP) is 3.11. The lowest BCUT2D eigenvalue weighted by atomic mass is 9.99. The van der Waals surface area contributed by atoms with Crippen LogP contribution in [0.5, 0.6) is 5.75 Å². The number of allylic oxidation sites excluding steroid dienone is 1. The third-order valence-corrected chi connectivity index (χ3v) is 3.07. The van der Waals surface area contributed by atoms with Crippen molar-refractivity contribution in [3.63, 3.8) is 0 Å². The molecule has 1 aromatic carbocycles. The summed E-state index contributed by atoms with van der Waals surface area (Å²) in [5.41, 5.74) is 3.84. The van der Waals surface area contributed by atoms with Crippen LogP contribution in [0.4, 0.5) is 0 Å². The minimum Gasteiger partial charge on any atom is -0.491 e. The number of nitrogens with one attached hydrogen (secondary N) is 1. The number of carbonyl (C=O) groups excluding carboxylic acids is 1. The Labute approximate surface area is 120 Å². The van der Waals surface area contributed by atoms with Gasteiger partial charge in [-0.15, -0.1) is 12.6 Å². The molecule has 3 nitrogen and oxygen atoms in total. The van der Waals surface area contributed by atoms with Crippen molar-refractivity contribution >= 4 is 24.6 Å². The lowest BCUT2D eigenvalue weighted by Crippen LogP contribution is -2.11. The van der Waals surface area contributed by atoms with E-state index in [1.165, 1.54) is 0 Å². The summed E-state index contributed by atoms with van der Waals surface area (Å²) < 4.78 is 5.71. The Morgan fingerprint density at radius 1 is 1.32 bits per heavy atom. The van der Waals surface area contributed by atoms with E-state index in [0.29, 0.717) is 4.91 Å². The Morgan fingerprint density at radius 3 is 2.21 bits per heavy atom. The van der Waals surface area contributed by atoms with Crippen LogP contribution in [0, 0.1) is 13.8 Å². The molecule has 0 aliphatic carbocycles. The smallest absolute Gasteiger partial charge is 0.158 e. The zero-order chi connectivity index (χ0) is 14.6. The number of benzene rings is 1. The molecule has 0 unspecified atom stereocenters. The van der Waals surface area contributed by atoms with Crippen LogP contribution in [-0.4, -0.2) is 19.4 Å². The summed E-state index contributed by atoms with van der Waals surface area (Å²) in [4.78, 5) is 11.3. The highest BCUT2D eigenvalue weighted by molar-refractivity contribution is 7.85. The molecule has 0 spiro atoms. The van der Waals surface area contributed by atoms with Crippen LogP contribution in [0.3, 0.4) is 0 Å². The maximum atomic E-state index is 10.9. The molecular weight excluding hydrogens is 258 g/mol. The van der Waals surface area contributed by atoms with Crippen molar-refractivity contribution in [2.75, 3.05) is 7.05 Å². The van der Waals surface area contributed by atoms with E-state index in [-0.39, 0.29) is 6.10 Å². The number of aryl methyl sites for hydroxylation is 2. The summed E-state index contributed by atoms with van der Waals surface area (Å²) in [6.45, 7) is 7.99. The Kier molecular flexibility index (Phi) is 5.48. The second kappa shape index (κ2) is 6.66. The Balaban J connectivity index is 3.35. The first kappa shape index (κ1) is 15.6. The first-order valence-electron chi connectivity index (χ1n) is 6.25. The quantitative estimate of drug-likeness (QED) is 0.494. The number of ether oxygens (including phenoxy) is 1. The van der Waals surface area contributed by atoms with Gasteiger partial charge in [0.25, 0.3) is 0 Å². The minimum atomic E-state index is 0.138. The lowest BCUT2D eigenvalue weighted by molar-refractivity contribution is -0.104. The summed E-state index contributed by atoms with van der Waals surface area (Å²) in [7, 11) is 1.78. The number of hydrogen-bond donors (Lipinski definition) is 2. The third-order valence-electron chi connectivity index (χ3n) is 2.75. The number of carbonyl (C=O) groups is 1. The second-order valence-corrected chi connectivity index (χ2v) is 5.21. The van der Waals surface area contributed by atoms with Crippen LogP contribution >= 0.6 is 12.6 Å². The van der Waals surface area contributed by atoms with Crippen LogP contribution in [0.2, 0.25) is 0 Å². The van der Waals surface area contributed by atoms with Crippen molar-refractivity contribution < 1.29 is 9.53 Å². The standard InChI is InChI=1S/C15H21NO2S/c1-9(2)18-12-6-10(3)14(11(4)7-12)15(16-5)13(19)8-17/h6-9,16,19H,1-5H3/b15-13-. The zero-order valence-electron chi connectivity index (χ0n) is 12.1. The maximum Gasteiger partial charge on any atom is 0.158 e. The molecule has 0 saturated heterocycles. The second-order valence-electron chi connectivity index (χ2n) is 4.73. The molecule has 0 aliphatic heterocycles. The van der Waals surface area contributed by atoms with Gasteiger partial charge in [-0.25, -0.2) is 0 Å². The molecule has 0 radical (unpaired) electrons. The first-order chi connectivity index (χ1) is 8.90. The molecule has 0 heterocycles. The SMILES string of the molecule is CN/C(=C(\S)C=O)c1c(C)cc(OC(C)C)cc1C. The summed E-state index contributed by atoms with van der Waals surface area (Å²) >= 11 is 4.21. The fraction of sp³-hybridized carbons (Fsp3) is 0.400. The van der Waals surface area contributed by atoms with E-state index < -0.39 is 0 Å². The molecule has 0 atom stereocenters. The fourth-order valence-corrected chi connectivity index (χ4v) is 2.32. The molecule has 1 N–H and O–H groups in total. The van der Waals surface area contributed by atoms with E-state index in [0.717, 1.165) is 34.4 Å². The predicted molar refractivity (Wildman–Crippen MR) is 82.7 cm³/mol. The van der Waals surface area contributed by atoms with E-state index >= 15 is 0 Å². The summed E-state index contributed by atoms with van der Waals surface area (Å²) in [5, 5.41) is 3.04. The van der Waals surface area contributed by atoms with Gasteiger partial charge in [0.05, 0.1) is 16.7 Å². The topological polar surface area (TPSA) is 38.3 Å². The average molecular weight is 279 g/mol. The van der Waals surface area contributed by atoms with E-state index in [1.54, 1.807) is 7.05 Å². The highest BCUT2D eigenvalue weighted by atomic mass is 32.1. The number of rotatable bonds is 5. The normalized spacial score (nSPS) is 12.2. The molecule has 0 amide bonds. The third kappa shape index (κ3) is 3.77. The van der Waals surface area contributed by atoms with Gasteiger partial charge in [-0.2, -0.15) is 0 Å². The van der Waals surface area contributed by atoms with Crippen molar-refractivity contribution in [1.29, 1.82) is 0 Å². The zero-order valence-corrected chi connectivity index (χ0v) is 13.0. The van der Waals surface area contributed by atoms with Gasteiger partial charge in [0.15, 0.2) is 6.29 Å². The van der Waals surface area contributed by atoms with Crippen LogP contribution in [-0.2, 0) is 4.79 Å². The van der Waals surface area contributed by atoms with Crippen molar-refractivity contribution in [1.82, 2.24) is 5.32 Å². The van der Waals surface area contributed by atoms with Gasteiger partial charge in [-0.1, -0.05) is 0 Å². The lowest BCUT2D eigenvalue weighted by Gasteiger charge is -2.18. The van der Waals surface area contributed by atoms with Gasteiger partial charge in [-0.05, 0) is 51.0 Å². The molecular formula is C15H21NO2S. The molecule has 0 fully saturated rings. The number of thiol groups is 1. The van der Waals surface area contributed by atoms with Gasteiger partial charge in [0, 0.05) is 12.6 Å². The number of aldehydes is 1. The highest BCUT2D eigenvalue weighted by Crippen LogP contribution is 2.29. The van der Waals surface area contributed by atoms with E-state index in [2.05, 4.69) is 17.9 Å². The molecule has 1 rings (SSSR count). The molecule has 0 aromatic heterocycles. The summed E-state index contributed by atoms with van der Waals surface area (Å²) in [6, 6.07) is 3.96. The minimum absolute atomic E-state index is 0.138. The first-order valence-corrected chi connectivity index (χ1v) is 6.69. The van der Waals surface area contributed by atoms with Crippen molar-refractivity contribution in [3.05, 3.63) is 33.7 Å². The van der Waals surface area contributed by atoms with E-state index in [4.69, 9.17) is 4.74 Å². The molecule has 1 aromatic rings. The molecule has 4 heteroatoms. The fourth-order valence-electron chi connectivity index (χ4n) is 2.10. The van der Waals surface area contributed by atoms with E-state index in [1.807, 2.05) is 39.8 Å². The molecule has 104 valence electrons. The van der Waals surface area contributed by atoms with Crippen molar-refractivity contribution in [3.8, 4) is 5.75 Å². The van der Waals surface area contributed by atoms with Crippen molar-refractivity contribution in [2.45, 2.75) is 33.8 Å². The van der Waals surface area contributed by atoms with Crippen LogP contribution in [0.1, 0.15) is 30.5 Å². The average Bonchev–Trinajstić information content (AvgIpc) is 2.32. The van der Waals surface area contributed by atoms with Gasteiger partial charge in [0.1, 0.15) is 5.75 Å². The van der Waals surface area contributed by atoms with Crippen LogP contribution < -0.4 is 10.1 Å². The highest BCUT2D eigenvalue weighted by Gasteiger charge is 2.13. The van der Waals surface area contributed by atoms with Gasteiger partial charge >= 0.3 is 0 Å². The van der Waals surface area contributed by atoms with E-state index in [9.17, 15) is 4.79 Å². The molecule has 0 bridgehead atoms. The Bertz CT molecular complexity index is 484. The number of hydrogen-bond acceptors (Lipinski definition) is 4. The van der Waals surface area contributed by atoms with Gasteiger partial charge in [-0.3, -0.25) is 4.79 Å². The van der Waals surface area contributed by atoms with Crippen LogP contribution in [0.25, 0.3) is 5.70 Å². The van der Waals surface area contributed by atoms with Gasteiger partial charge in [0.2, 0.25) is 0 Å². The summed E-state index contributed by atoms with van der Waals surface area (Å²) in [5.74, 6) is 0.844. The monoisotopic (exact) mass is 279 g/mol. The molecule has 0 aliphatic rings. The van der Waals surface area contributed by atoms with Crippen molar-refractivity contribution in [2.24, 2.45) is 0 Å². The largest absolute Gasteiger partial charge is 0.491 e. The van der Waals surface area contributed by atoms with Gasteiger partial charge < -0.3 is 10.1 Å². The maximum absolute atomic E-state index is 10.9. The molecule has 19 heavy (non-hydrogen) atoms. The van der Waals surface area contributed by atoms with Crippen LogP contribution in [0.15, 0.2) is 17.0 Å². The molecule has 0 saturated carbocycles. The summed E-state index contributed by atoms with van der Waals surface area (Å²) in [6.07, 6.45) is 0.881. The Hall–Kier alpha value is -1.42. The Morgan fingerprint density at radius 2 is 1.84 bits per heavy atom.